The molecule has 2 fully saturated rings. The normalized spacial score (nSPS) is 25.6. The van der Waals surface area contributed by atoms with E-state index in [4.69, 9.17) is 4.74 Å². The van der Waals surface area contributed by atoms with Crippen LogP contribution in [0.3, 0.4) is 0 Å². The first kappa shape index (κ1) is 14.6. The Kier molecular flexibility index (Phi) is 4.59. The van der Waals surface area contributed by atoms with Crippen molar-refractivity contribution >= 4 is 5.97 Å². The van der Waals surface area contributed by atoms with Crippen LogP contribution in [0.25, 0.3) is 0 Å². The van der Waals surface area contributed by atoms with E-state index in [1.807, 2.05) is 6.07 Å². The van der Waals surface area contributed by atoms with E-state index in [9.17, 15) is 4.79 Å². The number of nitrogens with zero attached hydrogens (tertiary/aromatic N) is 1. The highest BCUT2D eigenvalue weighted by molar-refractivity contribution is 5.72. The highest BCUT2D eigenvalue weighted by Crippen LogP contribution is 2.37. The fourth-order valence-electron chi connectivity index (χ4n) is 4.08. The number of methoxy groups -OCH3 is 1. The molecule has 0 spiro atoms. The Morgan fingerprint density at radius 3 is 2.76 bits per heavy atom. The maximum absolute atomic E-state index is 11.6. The van der Waals surface area contributed by atoms with Gasteiger partial charge >= 0.3 is 5.97 Å². The number of benzene rings is 1. The molecule has 1 aliphatic heterocycles. The average Bonchev–Trinajstić information content (AvgIpc) is 2.98. The molecule has 1 saturated heterocycles. The molecule has 0 N–H and O–H groups in total. The third-order valence-electron chi connectivity index (χ3n) is 5.16. The third-order valence-corrected chi connectivity index (χ3v) is 5.16. The van der Waals surface area contributed by atoms with Crippen molar-refractivity contribution in [2.24, 2.45) is 5.92 Å². The van der Waals surface area contributed by atoms with E-state index in [2.05, 4.69) is 23.1 Å². The summed E-state index contributed by atoms with van der Waals surface area (Å²) in [5.41, 5.74) is 2.40. The van der Waals surface area contributed by atoms with Gasteiger partial charge in [-0.1, -0.05) is 30.7 Å². The number of rotatable bonds is 4. The number of esters is 1. The second-order valence-electron chi connectivity index (χ2n) is 6.39. The van der Waals surface area contributed by atoms with Crippen molar-refractivity contribution in [2.75, 3.05) is 13.7 Å². The highest BCUT2D eigenvalue weighted by atomic mass is 16.5. The van der Waals surface area contributed by atoms with Crippen LogP contribution in [0.15, 0.2) is 24.3 Å². The van der Waals surface area contributed by atoms with Gasteiger partial charge in [-0.05, 0) is 49.3 Å². The summed E-state index contributed by atoms with van der Waals surface area (Å²) in [4.78, 5) is 14.2. The second kappa shape index (κ2) is 6.61. The monoisotopic (exact) mass is 287 g/mol. The highest BCUT2D eigenvalue weighted by Gasteiger charge is 2.34. The molecule has 21 heavy (non-hydrogen) atoms. The summed E-state index contributed by atoms with van der Waals surface area (Å²) in [5, 5.41) is 0. The topological polar surface area (TPSA) is 29.5 Å². The number of hydrogen-bond acceptors (Lipinski definition) is 3. The van der Waals surface area contributed by atoms with E-state index in [1.54, 1.807) is 0 Å². The molecule has 0 radical (unpaired) electrons. The summed E-state index contributed by atoms with van der Waals surface area (Å²) in [6.45, 7) is 2.18. The van der Waals surface area contributed by atoms with Crippen LogP contribution in [-0.2, 0) is 22.5 Å². The van der Waals surface area contributed by atoms with Crippen molar-refractivity contribution in [3.05, 3.63) is 35.4 Å². The van der Waals surface area contributed by atoms with Crippen LogP contribution >= 0.6 is 0 Å². The second-order valence-corrected chi connectivity index (χ2v) is 6.39. The van der Waals surface area contributed by atoms with Crippen molar-refractivity contribution in [3.63, 3.8) is 0 Å². The number of piperidine rings is 1. The van der Waals surface area contributed by atoms with E-state index >= 15 is 0 Å². The van der Waals surface area contributed by atoms with Crippen LogP contribution in [-0.4, -0.2) is 30.6 Å². The summed E-state index contributed by atoms with van der Waals surface area (Å²) in [6, 6.07) is 9.08. The van der Waals surface area contributed by atoms with E-state index in [-0.39, 0.29) is 5.97 Å². The lowest BCUT2D eigenvalue weighted by atomic mass is 9.91. The number of likely N-dealkylation sites (tertiary alicyclic amines) is 1. The molecule has 0 amide bonds. The number of fused-ring (bicyclic) bond motifs is 1. The Morgan fingerprint density at radius 2 is 1.95 bits per heavy atom. The van der Waals surface area contributed by atoms with Crippen LogP contribution in [0.2, 0.25) is 0 Å². The lowest BCUT2D eigenvalue weighted by molar-refractivity contribution is -0.139. The molecule has 3 rings (SSSR count). The van der Waals surface area contributed by atoms with Crippen LogP contribution in [0.5, 0.6) is 0 Å². The van der Waals surface area contributed by atoms with Crippen LogP contribution < -0.4 is 0 Å². The van der Waals surface area contributed by atoms with Gasteiger partial charge in [0.25, 0.3) is 0 Å². The molecule has 0 aromatic heterocycles. The number of carbonyl (C=O) groups excluding carboxylic acids is 1. The molecule has 1 aromatic carbocycles. The van der Waals surface area contributed by atoms with Crippen molar-refractivity contribution < 1.29 is 9.53 Å². The molecule has 2 unspecified atom stereocenters. The van der Waals surface area contributed by atoms with Gasteiger partial charge in [-0.3, -0.25) is 9.69 Å². The molecule has 3 heteroatoms. The predicted molar refractivity (Wildman–Crippen MR) is 82.9 cm³/mol. The molecular weight excluding hydrogens is 262 g/mol. The quantitative estimate of drug-likeness (QED) is 0.797. The summed E-state index contributed by atoms with van der Waals surface area (Å²) < 4.78 is 4.82. The third kappa shape index (κ3) is 3.29. The number of carbonyl (C=O) groups is 1. The lowest BCUT2D eigenvalue weighted by Crippen LogP contribution is -2.42. The molecular formula is C18H25NO2. The van der Waals surface area contributed by atoms with Crippen molar-refractivity contribution in [3.8, 4) is 0 Å². The van der Waals surface area contributed by atoms with Gasteiger partial charge in [-0.15, -0.1) is 0 Å². The molecule has 1 heterocycles. The maximum Gasteiger partial charge on any atom is 0.309 e. The molecule has 2 aliphatic rings. The Labute approximate surface area is 127 Å². The van der Waals surface area contributed by atoms with Gasteiger partial charge in [0.15, 0.2) is 0 Å². The van der Waals surface area contributed by atoms with Gasteiger partial charge in [0.1, 0.15) is 0 Å². The Hall–Kier alpha value is -1.35. The Bertz CT molecular complexity index is 500. The SMILES string of the molecule is COC(=O)Cc1ccccc1CN1CCCC2CCCC21. The number of ether oxygens (including phenoxy) is 1. The molecule has 1 aliphatic carbocycles. The van der Waals surface area contributed by atoms with E-state index in [0.29, 0.717) is 6.42 Å². The van der Waals surface area contributed by atoms with Crippen LogP contribution in [0.4, 0.5) is 0 Å². The predicted octanol–water partition coefficient (Wildman–Crippen LogP) is 3.17. The van der Waals surface area contributed by atoms with E-state index in [1.165, 1.54) is 51.3 Å². The summed E-state index contributed by atoms with van der Waals surface area (Å²) in [6.07, 6.45) is 7.25. The minimum atomic E-state index is -0.153. The first-order valence-electron chi connectivity index (χ1n) is 8.15. The van der Waals surface area contributed by atoms with Gasteiger partial charge in [0.2, 0.25) is 0 Å². The Balaban J connectivity index is 1.73. The minimum Gasteiger partial charge on any atom is -0.469 e. The van der Waals surface area contributed by atoms with Gasteiger partial charge in [0, 0.05) is 12.6 Å². The fraction of sp³-hybridized carbons (Fsp3) is 0.611. The largest absolute Gasteiger partial charge is 0.469 e. The first-order valence-corrected chi connectivity index (χ1v) is 8.15. The first-order chi connectivity index (χ1) is 10.3. The molecule has 2 atom stereocenters. The van der Waals surface area contributed by atoms with Crippen LogP contribution in [0.1, 0.15) is 43.2 Å². The molecule has 1 saturated carbocycles. The maximum atomic E-state index is 11.6. The van der Waals surface area contributed by atoms with Crippen LogP contribution in [0, 0.1) is 5.92 Å². The lowest BCUT2D eigenvalue weighted by Gasteiger charge is -2.38. The number of hydrogen-bond donors (Lipinski definition) is 0. The minimum absolute atomic E-state index is 0.153. The Morgan fingerprint density at radius 1 is 1.19 bits per heavy atom. The summed E-state index contributed by atoms with van der Waals surface area (Å²) in [7, 11) is 1.46. The van der Waals surface area contributed by atoms with Crippen molar-refractivity contribution in [2.45, 2.75) is 51.1 Å². The zero-order chi connectivity index (χ0) is 14.7. The molecule has 114 valence electrons. The summed E-state index contributed by atoms with van der Waals surface area (Å²) in [5.74, 6) is 0.756. The zero-order valence-electron chi connectivity index (χ0n) is 12.9. The van der Waals surface area contributed by atoms with E-state index < -0.39 is 0 Å². The van der Waals surface area contributed by atoms with Crippen molar-refractivity contribution in [1.29, 1.82) is 0 Å². The average molecular weight is 287 g/mol. The van der Waals surface area contributed by atoms with Gasteiger partial charge < -0.3 is 4.74 Å². The standard InChI is InChI=1S/C18H25NO2/c1-21-18(20)12-15-6-2-3-7-16(15)13-19-11-5-9-14-8-4-10-17(14)19/h2-3,6-7,14,17H,4-5,8-13H2,1H3. The van der Waals surface area contributed by atoms with Gasteiger partial charge in [0.05, 0.1) is 13.5 Å². The molecule has 1 aromatic rings. The fourth-order valence-corrected chi connectivity index (χ4v) is 4.08. The molecule has 3 nitrogen and oxygen atoms in total. The van der Waals surface area contributed by atoms with Crippen molar-refractivity contribution in [1.82, 2.24) is 4.90 Å². The van der Waals surface area contributed by atoms with E-state index in [0.717, 1.165) is 24.1 Å². The molecule has 0 bridgehead atoms. The van der Waals surface area contributed by atoms with Gasteiger partial charge in [-0.2, -0.15) is 0 Å². The summed E-state index contributed by atoms with van der Waals surface area (Å²) >= 11 is 0. The zero-order valence-corrected chi connectivity index (χ0v) is 12.9. The van der Waals surface area contributed by atoms with Gasteiger partial charge in [-0.25, -0.2) is 0 Å². The smallest absolute Gasteiger partial charge is 0.309 e.